The molecule has 1 aliphatic rings. The van der Waals surface area contributed by atoms with Gasteiger partial charge >= 0.3 is 0 Å². The molecule has 0 aliphatic heterocycles. The molecular weight excluding hydrogens is 242 g/mol. The molecule has 18 heavy (non-hydrogen) atoms. The van der Waals surface area contributed by atoms with Gasteiger partial charge in [0.2, 0.25) is 0 Å². The van der Waals surface area contributed by atoms with Crippen LogP contribution in [0.2, 0.25) is 0 Å². The number of hydrogen-bond donors (Lipinski definition) is 0. The maximum atomic E-state index is 5.92. The van der Waals surface area contributed by atoms with Gasteiger partial charge in [-0.25, -0.2) is 4.98 Å². The summed E-state index contributed by atoms with van der Waals surface area (Å²) in [5.41, 5.74) is 1.16. The molecule has 1 aliphatic carbocycles. The van der Waals surface area contributed by atoms with Crippen LogP contribution in [0.25, 0.3) is 0 Å². The summed E-state index contributed by atoms with van der Waals surface area (Å²) in [5.74, 6) is 0.565. The minimum absolute atomic E-state index is 0.0904. The number of ether oxygens (including phenoxy) is 1. The van der Waals surface area contributed by atoms with Crippen molar-refractivity contribution in [2.45, 2.75) is 70.3 Å². The van der Waals surface area contributed by atoms with Crippen LogP contribution in [-0.4, -0.2) is 12.1 Å². The summed E-state index contributed by atoms with van der Waals surface area (Å²) in [6.07, 6.45) is 8.65. The quantitative estimate of drug-likeness (QED) is 0.727. The highest BCUT2D eigenvalue weighted by Crippen LogP contribution is 2.41. The fraction of sp³-hybridized carbons (Fsp3) is 0.800. The van der Waals surface area contributed by atoms with E-state index in [0.717, 1.165) is 19.3 Å². The van der Waals surface area contributed by atoms with Gasteiger partial charge in [-0.3, -0.25) is 0 Å². The Morgan fingerprint density at radius 3 is 2.56 bits per heavy atom. The first-order chi connectivity index (χ1) is 8.72. The van der Waals surface area contributed by atoms with E-state index >= 15 is 0 Å². The predicted octanol–water partition coefficient (Wildman–Crippen LogP) is 4.85. The van der Waals surface area contributed by atoms with Crippen molar-refractivity contribution in [2.24, 2.45) is 0 Å². The maximum absolute atomic E-state index is 5.92. The van der Waals surface area contributed by atoms with Crippen LogP contribution in [0, 0.1) is 0 Å². The zero-order valence-corrected chi connectivity index (χ0v) is 12.7. The second-order valence-electron chi connectivity index (χ2n) is 5.50. The van der Waals surface area contributed by atoms with Crippen molar-refractivity contribution in [1.82, 2.24) is 4.98 Å². The third kappa shape index (κ3) is 2.77. The van der Waals surface area contributed by atoms with Gasteiger partial charge in [0.25, 0.3) is 0 Å². The standard InChI is InChI=1S/C15H25NOS/c1-4-12(2)13-11-18-14(16-13)15(17-3)9-7-5-6-8-10-15/h11-12H,4-10H2,1-3H3. The molecule has 1 unspecified atom stereocenters. The average Bonchev–Trinajstić information content (AvgIpc) is 2.78. The van der Waals surface area contributed by atoms with Crippen LogP contribution in [0.4, 0.5) is 0 Å². The van der Waals surface area contributed by atoms with E-state index in [9.17, 15) is 0 Å². The van der Waals surface area contributed by atoms with Crippen LogP contribution >= 0.6 is 11.3 Å². The minimum Gasteiger partial charge on any atom is -0.371 e. The predicted molar refractivity (Wildman–Crippen MR) is 77.2 cm³/mol. The summed E-state index contributed by atoms with van der Waals surface area (Å²) < 4.78 is 5.92. The lowest BCUT2D eigenvalue weighted by atomic mass is 9.95. The Morgan fingerprint density at radius 1 is 1.33 bits per heavy atom. The molecule has 3 heteroatoms. The van der Waals surface area contributed by atoms with Crippen molar-refractivity contribution in [3.63, 3.8) is 0 Å². The topological polar surface area (TPSA) is 22.1 Å². The van der Waals surface area contributed by atoms with Crippen molar-refractivity contribution in [3.05, 3.63) is 16.1 Å². The first-order valence-corrected chi connectivity index (χ1v) is 8.11. The Labute approximate surface area is 115 Å². The zero-order valence-electron chi connectivity index (χ0n) is 11.9. The number of hydrogen-bond acceptors (Lipinski definition) is 3. The van der Waals surface area contributed by atoms with Crippen molar-refractivity contribution in [1.29, 1.82) is 0 Å². The van der Waals surface area contributed by atoms with Crippen molar-refractivity contribution in [2.75, 3.05) is 7.11 Å². The van der Waals surface area contributed by atoms with Gasteiger partial charge in [-0.2, -0.15) is 0 Å². The number of thiazole rings is 1. The Hall–Kier alpha value is -0.410. The summed E-state index contributed by atoms with van der Waals surface area (Å²) >= 11 is 1.80. The van der Waals surface area contributed by atoms with E-state index < -0.39 is 0 Å². The van der Waals surface area contributed by atoms with E-state index in [1.165, 1.54) is 36.4 Å². The largest absolute Gasteiger partial charge is 0.371 e. The highest BCUT2D eigenvalue weighted by Gasteiger charge is 2.35. The molecule has 2 rings (SSSR count). The molecule has 1 aromatic heterocycles. The van der Waals surface area contributed by atoms with Gasteiger partial charge in [0, 0.05) is 12.5 Å². The smallest absolute Gasteiger partial charge is 0.125 e. The van der Waals surface area contributed by atoms with Gasteiger partial charge < -0.3 is 4.74 Å². The normalized spacial score (nSPS) is 21.5. The molecule has 0 radical (unpaired) electrons. The summed E-state index contributed by atoms with van der Waals surface area (Å²) in [4.78, 5) is 4.88. The SMILES string of the molecule is CCC(C)c1csc(C2(OC)CCCCCC2)n1. The van der Waals surface area contributed by atoms with Crippen LogP contribution in [0.5, 0.6) is 0 Å². The minimum atomic E-state index is -0.0904. The van der Waals surface area contributed by atoms with Crippen LogP contribution in [0.3, 0.4) is 0 Å². The molecule has 0 N–H and O–H groups in total. The fourth-order valence-electron chi connectivity index (χ4n) is 2.74. The molecule has 102 valence electrons. The molecular formula is C15H25NOS. The third-order valence-corrected chi connectivity index (χ3v) is 5.38. The number of nitrogens with zero attached hydrogens (tertiary/aromatic N) is 1. The fourth-order valence-corrected chi connectivity index (χ4v) is 3.91. The highest BCUT2D eigenvalue weighted by molar-refractivity contribution is 7.09. The van der Waals surface area contributed by atoms with Crippen LogP contribution < -0.4 is 0 Å². The van der Waals surface area contributed by atoms with Gasteiger partial charge in [0.05, 0.1) is 5.69 Å². The Balaban J connectivity index is 2.23. The lowest BCUT2D eigenvalue weighted by Gasteiger charge is -2.29. The molecule has 1 aromatic rings. The van der Waals surface area contributed by atoms with Crippen LogP contribution in [0.15, 0.2) is 5.38 Å². The van der Waals surface area contributed by atoms with Crippen LogP contribution in [0.1, 0.15) is 75.4 Å². The van der Waals surface area contributed by atoms with E-state index in [1.54, 1.807) is 11.3 Å². The molecule has 1 saturated carbocycles. The van der Waals surface area contributed by atoms with Gasteiger partial charge in [-0.15, -0.1) is 11.3 Å². The van der Waals surface area contributed by atoms with Gasteiger partial charge in [-0.1, -0.05) is 39.5 Å². The molecule has 1 fully saturated rings. The maximum Gasteiger partial charge on any atom is 0.125 e. The van der Waals surface area contributed by atoms with E-state index in [-0.39, 0.29) is 5.60 Å². The lowest BCUT2D eigenvalue weighted by Crippen LogP contribution is -2.27. The van der Waals surface area contributed by atoms with E-state index in [2.05, 4.69) is 19.2 Å². The highest BCUT2D eigenvalue weighted by atomic mass is 32.1. The second-order valence-corrected chi connectivity index (χ2v) is 6.36. The summed E-state index contributed by atoms with van der Waals surface area (Å²) in [5, 5.41) is 3.44. The van der Waals surface area contributed by atoms with E-state index in [0.29, 0.717) is 5.92 Å². The third-order valence-electron chi connectivity index (χ3n) is 4.33. The van der Waals surface area contributed by atoms with E-state index in [1.807, 2.05) is 7.11 Å². The second kappa shape index (κ2) is 6.16. The van der Waals surface area contributed by atoms with Gasteiger partial charge in [-0.05, 0) is 25.2 Å². The first kappa shape index (κ1) is 14.0. The summed E-state index contributed by atoms with van der Waals surface area (Å²) in [7, 11) is 1.86. The van der Waals surface area contributed by atoms with Crippen molar-refractivity contribution in [3.8, 4) is 0 Å². The summed E-state index contributed by atoms with van der Waals surface area (Å²) in [6.45, 7) is 4.48. The van der Waals surface area contributed by atoms with Crippen molar-refractivity contribution < 1.29 is 4.74 Å². The molecule has 2 nitrogen and oxygen atoms in total. The number of methoxy groups -OCH3 is 1. The molecule has 1 atom stereocenters. The molecule has 1 heterocycles. The molecule has 0 spiro atoms. The molecule has 0 bridgehead atoms. The molecule has 0 saturated heterocycles. The molecule has 0 aromatic carbocycles. The molecule has 0 amide bonds. The lowest BCUT2D eigenvalue weighted by molar-refractivity contribution is -0.0281. The average molecular weight is 267 g/mol. The van der Waals surface area contributed by atoms with Crippen LogP contribution in [-0.2, 0) is 10.3 Å². The number of rotatable bonds is 4. The van der Waals surface area contributed by atoms with Gasteiger partial charge in [0.15, 0.2) is 0 Å². The van der Waals surface area contributed by atoms with E-state index in [4.69, 9.17) is 9.72 Å². The summed E-state index contributed by atoms with van der Waals surface area (Å²) in [6, 6.07) is 0. The monoisotopic (exact) mass is 267 g/mol. The van der Waals surface area contributed by atoms with Crippen molar-refractivity contribution >= 4 is 11.3 Å². The van der Waals surface area contributed by atoms with Gasteiger partial charge in [0.1, 0.15) is 10.6 Å². The Morgan fingerprint density at radius 2 is 2.00 bits per heavy atom. The zero-order chi connectivity index (χ0) is 13.0. The number of aromatic nitrogens is 1. The first-order valence-electron chi connectivity index (χ1n) is 7.23. The Bertz CT molecular complexity index is 366. The Kier molecular flexibility index (Phi) is 4.79.